The lowest BCUT2D eigenvalue weighted by molar-refractivity contribution is -0.122. The molecule has 1 saturated heterocycles. The molecule has 0 bridgehead atoms. The van der Waals surface area contributed by atoms with Gasteiger partial charge in [0.05, 0.1) is 5.69 Å². The maximum atomic E-state index is 12.6. The number of carbonyl (C=O) groups excluding carboxylic acids is 3. The fraction of sp³-hybridized carbons (Fsp3) is 0.118. The second-order valence-corrected chi connectivity index (χ2v) is 5.24. The number of imide groups is 2. The molecular weight excluding hydrogens is 296 g/mol. The van der Waals surface area contributed by atoms with Crippen LogP contribution in [0.2, 0.25) is 0 Å². The fourth-order valence-corrected chi connectivity index (χ4v) is 2.26. The number of hydrogen-bond acceptors (Lipinski definition) is 4. The fourth-order valence-electron chi connectivity index (χ4n) is 2.26. The van der Waals surface area contributed by atoms with Gasteiger partial charge in [0, 0.05) is 0 Å². The molecule has 1 aliphatic rings. The van der Waals surface area contributed by atoms with E-state index in [-0.39, 0.29) is 5.57 Å². The van der Waals surface area contributed by atoms with Crippen LogP contribution in [0.3, 0.4) is 0 Å². The molecule has 1 aromatic heterocycles. The number of barbiturate groups is 1. The van der Waals surface area contributed by atoms with Crippen LogP contribution in [0.15, 0.2) is 46.4 Å². The summed E-state index contributed by atoms with van der Waals surface area (Å²) in [7, 11) is 0. The molecule has 23 heavy (non-hydrogen) atoms. The van der Waals surface area contributed by atoms with Gasteiger partial charge in [0.2, 0.25) is 0 Å². The highest BCUT2D eigenvalue weighted by molar-refractivity contribution is 6.39. The maximum Gasteiger partial charge on any atom is 0.335 e. The number of urea groups is 1. The number of furan rings is 1. The number of nitrogens with one attached hydrogen (secondary N) is 1. The average Bonchev–Trinajstić information content (AvgIpc) is 2.91. The van der Waals surface area contributed by atoms with Crippen LogP contribution in [-0.4, -0.2) is 17.8 Å². The van der Waals surface area contributed by atoms with Crippen molar-refractivity contribution in [3.63, 3.8) is 0 Å². The van der Waals surface area contributed by atoms with Crippen LogP contribution in [0, 0.1) is 13.8 Å². The van der Waals surface area contributed by atoms with Crippen LogP contribution in [-0.2, 0) is 9.59 Å². The summed E-state index contributed by atoms with van der Waals surface area (Å²) in [4.78, 5) is 37.5. The van der Waals surface area contributed by atoms with E-state index in [2.05, 4.69) is 5.32 Å². The standard InChI is InChI=1S/C17H14N2O4/c1-10-3-6-12(7-4-10)19-16(21)14(15(20)18-17(19)22)9-13-8-5-11(2)23-13/h3-9H,1-2H3,(H,18,20,22). The van der Waals surface area contributed by atoms with Gasteiger partial charge in [-0.2, -0.15) is 0 Å². The van der Waals surface area contributed by atoms with Crippen molar-refractivity contribution >= 4 is 29.6 Å². The first-order valence-corrected chi connectivity index (χ1v) is 7.00. The zero-order valence-electron chi connectivity index (χ0n) is 12.6. The normalized spacial score (nSPS) is 16.9. The minimum absolute atomic E-state index is 0.153. The Morgan fingerprint density at radius 3 is 2.30 bits per heavy atom. The third kappa shape index (κ3) is 2.78. The van der Waals surface area contributed by atoms with E-state index >= 15 is 0 Å². The Balaban J connectivity index is 2.00. The predicted octanol–water partition coefficient (Wildman–Crippen LogP) is 2.56. The predicted molar refractivity (Wildman–Crippen MR) is 83.6 cm³/mol. The summed E-state index contributed by atoms with van der Waals surface area (Å²) in [5.74, 6) is -0.389. The van der Waals surface area contributed by atoms with Crippen LogP contribution in [0.5, 0.6) is 0 Å². The molecule has 0 atom stereocenters. The highest BCUT2D eigenvalue weighted by Crippen LogP contribution is 2.22. The zero-order chi connectivity index (χ0) is 16.6. The van der Waals surface area contributed by atoms with Crippen molar-refractivity contribution in [1.29, 1.82) is 0 Å². The third-order valence-corrected chi connectivity index (χ3v) is 3.44. The summed E-state index contributed by atoms with van der Waals surface area (Å²) in [6.45, 7) is 3.66. The smallest absolute Gasteiger partial charge is 0.335 e. The van der Waals surface area contributed by atoms with Gasteiger partial charge in [-0.05, 0) is 44.2 Å². The monoisotopic (exact) mass is 310 g/mol. The Kier molecular flexibility index (Phi) is 3.57. The summed E-state index contributed by atoms with van der Waals surface area (Å²) >= 11 is 0. The second-order valence-electron chi connectivity index (χ2n) is 5.24. The largest absolute Gasteiger partial charge is 0.462 e. The van der Waals surface area contributed by atoms with Crippen molar-refractivity contribution in [2.24, 2.45) is 0 Å². The Morgan fingerprint density at radius 1 is 1.00 bits per heavy atom. The molecule has 1 fully saturated rings. The van der Waals surface area contributed by atoms with E-state index in [0.29, 0.717) is 17.2 Å². The molecule has 1 N–H and O–H groups in total. The van der Waals surface area contributed by atoms with E-state index in [4.69, 9.17) is 4.42 Å². The molecule has 3 rings (SSSR count). The summed E-state index contributed by atoms with van der Waals surface area (Å²) in [5.41, 5.74) is 1.24. The van der Waals surface area contributed by atoms with Gasteiger partial charge in [-0.3, -0.25) is 14.9 Å². The Labute approximate surface area is 132 Å². The summed E-state index contributed by atoms with van der Waals surface area (Å²) in [6.07, 6.45) is 1.33. The van der Waals surface area contributed by atoms with Gasteiger partial charge in [-0.25, -0.2) is 9.69 Å². The molecule has 1 aromatic carbocycles. The van der Waals surface area contributed by atoms with E-state index < -0.39 is 17.8 Å². The number of benzene rings is 1. The molecule has 1 aliphatic heterocycles. The molecule has 4 amide bonds. The lowest BCUT2D eigenvalue weighted by Gasteiger charge is -2.26. The average molecular weight is 310 g/mol. The quantitative estimate of drug-likeness (QED) is 0.683. The Bertz CT molecular complexity index is 831. The lowest BCUT2D eigenvalue weighted by atomic mass is 10.1. The number of nitrogens with zero attached hydrogens (tertiary/aromatic N) is 1. The summed E-state index contributed by atoms with van der Waals surface area (Å²) in [5, 5.41) is 2.17. The molecule has 6 heteroatoms. The second kappa shape index (κ2) is 5.57. The Hall–Kier alpha value is -3.15. The molecule has 2 aromatic rings. The molecule has 0 spiro atoms. The molecule has 0 saturated carbocycles. The van der Waals surface area contributed by atoms with E-state index in [1.54, 1.807) is 43.3 Å². The van der Waals surface area contributed by atoms with Gasteiger partial charge in [0.25, 0.3) is 11.8 Å². The first-order chi connectivity index (χ1) is 11.0. The van der Waals surface area contributed by atoms with Gasteiger partial charge < -0.3 is 4.42 Å². The molecular formula is C17H14N2O4. The number of amides is 4. The molecule has 2 heterocycles. The van der Waals surface area contributed by atoms with Crippen molar-refractivity contribution in [1.82, 2.24) is 5.32 Å². The van der Waals surface area contributed by atoms with E-state index in [0.717, 1.165) is 10.5 Å². The van der Waals surface area contributed by atoms with Gasteiger partial charge in [-0.1, -0.05) is 17.7 Å². The highest BCUT2D eigenvalue weighted by Gasteiger charge is 2.36. The SMILES string of the molecule is Cc1ccc(N2C(=O)NC(=O)C(=Cc3ccc(C)o3)C2=O)cc1. The third-order valence-electron chi connectivity index (χ3n) is 3.44. The van der Waals surface area contributed by atoms with Crippen molar-refractivity contribution in [3.8, 4) is 0 Å². The number of carbonyl (C=O) groups is 3. The van der Waals surface area contributed by atoms with Crippen LogP contribution in [0.1, 0.15) is 17.1 Å². The van der Waals surface area contributed by atoms with Crippen LogP contribution in [0.25, 0.3) is 6.08 Å². The topological polar surface area (TPSA) is 79.6 Å². The minimum atomic E-state index is -0.767. The van der Waals surface area contributed by atoms with Crippen molar-refractivity contribution in [2.75, 3.05) is 4.90 Å². The summed E-state index contributed by atoms with van der Waals surface area (Å²) in [6, 6.07) is 9.47. The van der Waals surface area contributed by atoms with Gasteiger partial charge in [0.1, 0.15) is 17.1 Å². The van der Waals surface area contributed by atoms with E-state index in [9.17, 15) is 14.4 Å². The van der Waals surface area contributed by atoms with Gasteiger partial charge in [-0.15, -0.1) is 0 Å². The lowest BCUT2D eigenvalue weighted by Crippen LogP contribution is -2.54. The first-order valence-electron chi connectivity index (χ1n) is 7.00. The minimum Gasteiger partial charge on any atom is -0.462 e. The van der Waals surface area contributed by atoms with Gasteiger partial charge >= 0.3 is 6.03 Å². The van der Waals surface area contributed by atoms with Crippen LogP contribution in [0.4, 0.5) is 10.5 Å². The van der Waals surface area contributed by atoms with Crippen molar-refractivity contribution in [2.45, 2.75) is 13.8 Å². The number of aryl methyl sites for hydroxylation is 2. The van der Waals surface area contributed by atoms with E-state index in [1.807, 2.05) is 6.92 Å². The number of anilines is 1. The molecule has 0 radical (unpaired) electrons. The maximum absolute atomic E-state index is 12.6. The van der Waals surface area contributed by atoms with E-state index in [1.165, 1.54) is 6.08 Å². The molecule has 0 unspecified atom stereocenters. The van der Waals surface area contributed by atoms with Crippen molar-refractivity contribution < 1.29 is 18.8 Å². The first kappa shape index (κ1) is 14.8. The van der Waals surface area contributed by atoms with Gasteiger partial charge in [0.15, 0.2) is 0 Å². The number of rotatable bonds is 2. The molecule has 6 nitrogen and oxygen atoms in total. The Morgan fingerprint density at radius 2 is 1.70 bits per heavy atom. The summed E-state index contributed by atoms with van der Waals surface area (Å²) < 4.78 is 5.35. The molecule has 0 aliphatic carbocycles. The van der Waals surface area contributed by atoms with Crippen LogP contribution >= 0.6 is 0 Å². The zero-order valence-corrected chi connectivity index (χ0v) is 12.6. The highest BCUT2D eigenvalue weighted by atomic mass is 16.3. The van der Waals surface area contributed by atoms with Crippen LogP contribution < -0.4 is 10.2 Å². The van der Waals surface area contributed by atoms with Crippen molar-refractivity contribution in [3.05, 3.63) is 59.1 Å². The molecule has 116 valence electrons. The number of hydrogen-bond donors (Lipinski definition) is 1.